The standard InChI is InChI=1S/C13H14BrClN2O2S2/c1-8-11(20-12(15)16-8)21(18,19)17-13(2,3)9-4-6-10(14)7-5-9/h4-7,17H,1-3H3. The van der Waals surface area contributed by atoms with Crippen LogP contribution in [-0.4, -0.2) is 13.4 Å². The average molecular weight is 410 g/mol. The zero-order valence-electron chi connectivity index (χ0n) is 11.6. The lowest BCUT2D eigenvalue weighted by molar-refractivity contribution is 0.472. The van der Waals surface area contributed by atoms with Crippen molar-refractivity contribution in [2.24, 2.45) is 0 Å². The summed E-state index contributed by atoms with van der Waals surface area (Å²) in [5, 5.41) is 0. The minimum Gasteiger partial charge on any atom is -0.229 e. The molecule has 0 aliphatic carbocycles. The minimum atomic E-state index is -3.68. The van der Waals surface area contributed by atoms with Gasteiger partial charge in [-0.1, -0.05) is 51.0 Å². The molecule has 0 bridgehead atoms. The number of thiazole rings is 1. The fraction of sp³-hybridized carbons (Fsp3) is 0.308. The smallest absolute Gasteiger partial charge is 0.229 e. The highest BCUT2D eigenvalue weighted by Gasteiger charge is 2.30. The Morgan fingerprint density at radius 2 is 1.86 bits per heavy atom. The molecule has 1 aromatic carbocycles. The number of halogens is 2. The maximum absolute atomic E-state index is 12.5. The summed E-state index contributed by atoms with van der Waals surface area (Å²) in [5.74, 6) is 0. The molecule has 114 valence electrons. The van der Waals surface area contributed by atoms with E-state index in [0.717, 1.165) is 21.4 Å². The molecule has 1 N–H and O–H groups in total. The van der Waals surface area contributed by atoms with Crippen molar-refractivity contribution in [1.29, 1.82) is 0 Å². The summed E-state index contributed by atoms with van der Waals surface area (Å²) < 4.78 is 29.0. The molecule has 0 amide bonds. The molecule has 0 unspecified atom stereocenters. The van der Waals surface area contributed by atoms with Crippen LogP contribution in [0.5, 0.6) is 0 Å². The van der Waals surface area contributed by atoms with Crippen LogP contribution in [0.1, 0.15) is 25.1 Å². The van der Waals surface area contributed by atoms with E-state index in [2.05, 4.69) is 25.6 Å². The highest BCUT2D eigenvalue weighted by molar-refractivity contribution is 9.10. The molecule has 1 heterocycles. The maximum atomic E-state index is 12.5. The van der Waals surface area contributed by atoms with Crippen LogP contribution < -0.4 is 4.72 Å². The Balaban J connectivity index is 2.35. The van der Waals surface area contributed by atoms with Crippen LogP contribution in [0.3, 0.4) is 0 Å². The highest BCUT2D eigenvalue weighted by atomic mass is 79.9. The number of nitrogens with one attached hydrogen (secondary N) is 1. The van der Waals surface area contributed by atoms with E-state index in [1.807, 2.05) is 38.1 Å². The Bertz CT molecular complexity index is 755. The molecule has 8 heteroatoms. The summed E-state index contributed by atoms with van der Waals surface area (Å²) in [7, 11) is -3.68. The molecule has 0 atom stereocenters. The lowest BCUT2D eigenvalue weighted by Gasteiger charge is -2.26. The van der Waals surface area contributed by atoms with Crippen LogP contribution in [0.2, 0.25) is 4.47 Å². The second-order valence-corrected chi connectivity index (χ2v) is 9.45. The van der Waals surface area contributed by atoms with Gasteiger partial charge in [0.2, 0.25) is 0 Å². The third kappa shape index (κ3) is 3.84. The predicted octanol–water partition coefficient (Wildman–Crippen LogP) is 4.08. The van der Waals surface area contributed by atoms with Crippen molar-refractivity contribution in [3.63, 3.8) is 0 Å². The third-order valence-corrected chi connectivity index (χ3v) is 6.98. The van der Waals surface area contributed by atoms with E-state index in [9.17, 15) is 8.42 Å². The summed E-state index contributed by atoms with van der Waals surface area (Å²) in [5.41, 5.74) is 0.522. The van der Waals surface area contributed by atoms with Crippen LogP contribution in [0.4, 0.5) is 0 Å². The molecule has 0 aliphatic heterocycles. The van der Waals surface area contributed by atoms with Crippen molar-refractivity contribution in [1.82, 2.24) is 9.71 Å². The predicted molar refractivity (Wildman–Crippen MR) is 89.4 cm³/mol. The molecule has 0 spiro atoms. The van der Waals surface area contributed by atoms with E-state index in [-0.39, 0.29) is 8.68 Å². The van der Waals surface area contributed by atoms with Gasteiger partial charge in [0.15, 0.2) is 8.68 Å². The van der Waals surface area contributed by atoms with Crippen molar-refractivity contribution in [2.75, 3.05) is 0 Å². The summed E-state index contributed by atoms with van der Waals surface area (Å²) >= 11 is 10.1. The summed E-state index contributed by atoms with van der Waals surface area (Å²) in [6, 6.07) is 7.50. The first kappa shape index (κ1) is 16.9. The number of nitrogens with zero attached hydrogens (tertiary/aromatic N) is 1. The molecule has 2 aromatic rings. The summed E-state index contributed by atoms with van der Waals surface area (Å²) in [4.78, 5) is 3.95. The first-order valence-corrected chi connectivity index (χ1v) is 9.52. The number of aryl methyl sites for hydroxylation is 1. The topological polar surface area (TPSA) is 59.1 Å². The molecule has 0 saturated heterocycles. The van der Waals surface area contributed by atoms with Gasteiger partial charge in [0.25, 0.3) is 10.0 Å². The fourth-order valence-corrected chi connectivity index (χ4v) is 5.31. The van der Waals surface area contributed by atoms with Crippen LogP contribution >= 0.6 is 38.9 Å². The number of rotatable bonds is 4. The Kier molecular flexibility index (Phi) is 4.80. The molecular weight excluding hydrogens is 396 g/mol. The lowest BCUT2D eigenvalue weighted by atomic mass is 9.96. The normalized spacial score (nSPS) is 12.6. The SMILES string of the molecule is Cc1nc(Cl)sc1S(=O)(=O)NC(C)(C)c1ccc(Br)cc1. The largest absolute Gasteiger partial charge is 0.252 e. The maximum Gasteiger partial charge on any atom is 0.252 e. The van der Waals surface area contributed by atoms with Gasteiger partial charge in [-0.2, -0.15) is 0 Å². The molecule has 4 nitrogen and oxygen atoms in total. The van der Waals surface area contributed by atoms with Crippen molar-refractivity contribution in [2.45, 2.75) is 30.5 Å². The van der Waals surface area contributed by atoms with E-state index in [1.165, 1.54) is 0 Å². The van der Waals surface area contributed by atoms with Gasteiger partial charge in [-0.15, -0.1) is 0 Å². The van der Waals surface area contributed by atoms with Crippen LogP contribution in [-0.2, 0) is 15.6 Å². The van der Waals surface area contributed by atoms with E-state index < -0.39 is 15.6 Å². The second-order valence-electron chi connectivity index (χ2n) is 5.08. The molecule has 21 heavy (non-hydrogen) atoms. The van der Waals surface area contributed by atoms with Crippen molar-refractivity contribution >= 4 is 48.9 Å². The second kappa shape index (κ2) is 5.96. The molecule has 0 aliphatic rings. The first-order valence-electron chi connectivity index (χ1n) is 6.05. The van der Waals surface area contributed by atoms with E-state index in [0.29, 0.717) is 5.69 Å². The average Bonchev–Trinajstić information content (AvgIpc) is 2.68. The Morgan fingerprint density at radius 1 is 1.29 bits per heavy atom. The summed E-state index contributed by atoms with van der Waals surface area (Å²) in [6.07, 6.45) is 0. The van der Waals surface area contributed by atoms with Gasteiger partial charge < -0.3 is 0 Å². The van der Waals surface area contributed by atoms with E-state index >= 15 is 0 Å². The van der Waals surface area contributed by atoms with E-state index in [4.69, 9.17) is 11.6 Å². The van der Waals surface area contributed by atoms with Crippen LogP contribution in [0.15, 0.2) is 32.9 Å². The first-order chi connectivity index (χ1) is 9.62. The number of benzene rings is 1. The number of hydrogen-bond acceptors (Lipinski definition) is 4. The highest BCUT2D eigenvalue weighted by Crippen LogP contribution is 2.30. The zero-order chi connectivity index (χ0) is 15.8. The monoisotopic (exact) mass is 408 g/mol. The number of sulfonamides is 1. The molecule has 1 aromatic heterocycles. The number of hydrogen-bond donors (Lipinski definition) is 1. The van der Waals surface area contributed by atoms with Gasteiger partial charge in [0.05, 0.1) is 11.2 Å². The third-order valence-electron chi connectivity index (χ3n) is 2.93. The van der Waals surface area contributed by atoms with Gasteiger partial charge in [0.1, 0.15) is 0 Å². The van der Waals surface area contributed by atoms with Gasteiger partial charge in [-0.3, -0.25) is 0 Å². The quantitative estimate of drug-likeness (QED) is 0.827. The van der Waals surface area contributed by atoms with Gasteiger partial charge in [-0.25, -0.2) is 18.1 Å². The van der Waals surface area contributed by atoms with Crippen LogP contribution in [0, 0.1) is 6.92 Å². The fourth-order valence-electron chi connectivity index (χ4n) is 1.91. The molecule has 0 radical (unpaired) electrons. The Morgan fingerprint density at radius 3 is 2.33 bits per heavy atom. The molecule has 2 rings (SSSR count). The molecular formula is C13H14BrClN2O2S2. The number of aromatic nitrogens is 1. The lowest BCUT2D eigenvalue weighted by Crippen LogP contribution is -2.40. The van der Waals surface area contributed by atoms with E-state index in [1.54, 1.807) is 6.92 Å². The zero-order valence-corrected chi connectivity index (χ0v) is 15.6. The van der Waals surface area contributed by atoms with Gasteiger partial charge >= 0.3 is 0 Å². The van der Waals surface area contributed by atoms with Crippen molar-refractivity contribution < 1.29 is 8.42 Å². The Labute approximate surface area is 141 Å². The van der Waals surface area contributed by atoms with Crippen molar-refractivity contribution in [3.8, 4) is 0 Å². The van der Waals surface area contributed by atoms with Crippen LogP contribution in [0.25, 0.3) is 0 Å². The van der Waals surface area contributed by atoms with Crippen molar-refractivity contribution in [3.05, 3.63) is 44.5 Å². The summed E-state index contributed by atoms with van der Waals surface area (Å²) in [6.45, 7) is 5.25. The molecule has 0 saturated carbocycles. The minimum absolute atomic E-state index is 0.151. The molecule has 0 fully saturated rings. The van der Waals surface area contributed by atoms with Gasteiger partial charge in [-0.05, 0) is 38.5 Å². The van der Waals surface area contributed by atoms with Gasteiger partial charge in [0, 0.05) is 4.47 Å². The Hall–Kier alpha value is -0.470.